The Balaban J connectivity index is 2.45. The lowest BCUT2D eigenvalue weighted by molar-refractivity contribution is -0.0503. The second kappa shape index (κ2) is 6.73. The minimum absolute atomic E-state index is 0.0910. The molecule has 0 aliphatic carbocycles. The molecular formula is C16H16BrF2NO2. The van der Waals surface area contributed by atoms with E-state index in [0.29, 0.717) is 16.7 Å². The van der Waals surface area contributed by atoms with Gasteiger partial charge in [-0.25, -0.2) is 0 Å². The first kappa shape index (κ1) is 16.9. The van der Waals surface area contributed by atoms with Crippen molar-refractivity contribution in [3.05, 3.63) is 63.6 Å². The normalized spacial score (nSPS) is 14.0. The van der Waals surface area contributed by atoms with Crippen LogP contribution in [0.4, 0.5) is 8.78 Å². The summed E-state index contributed by atoms with van der Waals surface area (Å²) in [4.78, 5) is 0. The van der Waals surface area contributed by atoms with E-state index >= 15 is 0 Å². The fourth-order valence-electron chi connectivity index (χ4n) is 2.27. The zero-order valence-corrected chi connectivity index (χ0v) is 13.5. The van der Waals surface area contributed by atoms with Crippen molar-refractivity contribution in [2.45, 2.75) is 19.1 Å². The third-order valence-electron chi connectivity index (χ3n) is 3.50. The zero-order chi connectivity index (χ0) is 16.3. The van der Waals surface area contributed by atoms with E-state index in [1.165, 1.54) is 6.07 Å². The second-order valence-electron chi connectivity index (χ2n) is 5.00. The standard InChI is InChI=1S/C16H16BrF2NO2/c1-10-7-12(5-6-14(10)22-15(18)19)16(20,9-21)11-3-2-4-13(17)8-11/h2-8,15,21H,9,20H2,1H3/t16-/m1/s1. The van der Waals surface area contributed by atoms with Crippen LogP contribution in [0.3, 0.4) is 0 Å². The van der Waals surface area contributed by atoms with Crippen LogP contribution in [0.25, 0.3) is 0 Å². The van der Waals surface area contributed by atoms with E-state index in [1.54, 1.807) is 25.1 Å². The van der Waals surface area contributed by atoms with Crippen molar-refractivity contribution in [1.82, 2.24) is 0 Å². The number of benzene rings is 2. The van der Waals surface area contributed by atoms with Crippen molar-refractivity contribution in [2.75, 3.05) is 6.61 Å². The van der Waals surface area contributed by atoms with Crippen molar-refractivity contribution in [2.24, 2.45) is 5.73 Å². The number of hydrogen-bond acceptors (Lipinski definition) is 3. The van der Waals surface area contributed by atoms with Gasteiger partial charge in [0, 0.05) is 4.47 Å². The fraction of sp³-hybridized carbons (Fsp3) is 0.250. The predicted molar refractivity (Wildman–Crippen MR) is 84.0 cm³/mol. The van der Waals surface area contributed by atoms with E-state index < -0.39 is 12.2 Å². The number of hydrogen-bond donors (Lipinski definition) is 2. The SMILES string of the molecule is Cc1cc([C@@](N)(CO)c2cccc(Br)c2)ccc1OC(F)F. The summed E-state index contributed by atoms with van der Waals surface area (Å²) in [5.41, 5.74) is 7.10. The molecule has 22 heavy (non-hydrogen) atoms. The molecule has 2 aromatic rings. The van der Waals surface area contributed by atoms with Gasteiger partial charge in [-0.2, -0.15) is 8.78 Å². The summed E-state index contributed by atoms with van der Waals surface area (Å²) in [6.45, 7) is -1.55. The molecule has 0 spiro atoms. The summed E-state index contributed by atoms with van der Waals surface area (Å²) < 4.78 is 29.9. The zero-order valence-electron chi connectivity index (χ0n) is 11.9. The number of nitrogens with two attached hydrogens (primary N) is 1. The Labute approximate surface area is 135 Å². The number of ether oxygens (including phenoxy) is 1. The van der Waals surface area contributed by atoms with Crippen LogP contribution in [0.1, 0.15) is 16.7 Å². The molecule has 0 bridgehead atoms. The van der Waals surface area contributed by atoms with Gasteiger partial charge in [0.15, 0.2) is 0 Å². The highest BCUT2D eigenvalue weighted by molar-refractivity contribution is 9.10. The monoisotopic (exact) mass is 371 g/mol. The molecule has 0 amide bonds. The van der Waals surface area contributed by atoms with Crippen molar-refractivity contribution >= 4 is 15.9 Å². The molecular weight excluding hydrogens is 356 g/mol. The van der Waals surface area contributed by atoms with Crippen molar-refractivity contribution in [1.29, 1.82) is 0 Å². The largest absolute Gasteiger partial charge is 0.435 e. The molecule has 2 rings (SSSR count). The lowest BCUT2D eigenvalue weighted by Crippen LogP contribution is -2.41. The number of aliphatic hydroxyl groups excluding tert-OH is 1. The summed E-state index contributed by atoms with van der Waals surface area (Å²) in [6.07, 6.45) is 0. The number of aryl methyl sites for hydroxylation is 1. The minimum Gasteiger partial charge on any atom is -0.435 e. The summed E-state index contributed by atoms with van der Waals surface area (Å²) in [7, 11) is 0. The summed E-state index contributed by atoms with van der Waals surface area (Å²) >= 11 is 3.37. The smallest absolute Gasteiger partial charge is 0.387 e. The van der Waals surface area contributed by atoms with Gasteiger partial charge in [0.05, 0.1) is 12.1 Å². The maximum atomic E-state index is 12.3. The Morgan fingerprint density at radius 3 is 2.45 bits per heavy atom. The highest BCUT2D eigenvalue weighted by atomic mass is 79.9. The molecule has 3 nitrogen and oxygen atoms in total. The molecule has 0 saturated heterocycles. The molecule has 0 aromatic heterocycles. The fourth-order valence-corrected chi connectivity index (χ4v) is 2.67. The average Bonchev–Trinajstić information content (AvgIpc) is 2.48. The van der Waals surface area contributed by atoms with Gasteiger partial charge in [0.1, 0.15) is 5.75 Å². The van der Waals surface area contributed by atoms with Gasteiger partial charge in [-0.05, 0) is 41.8 Å². The van der Waals surface area contributed by atoms with Crippen LogP contribution in [0.5, 0.6) is 5.75 Å². The average molecular weight is 372 g/mol. The molecule has 1 atom stereocenters. The Kier molecular flexibility index (Phi) is 5.16. The number of rotatable bonds is 5. The molecule has 0 aliphatic heterocycles. The lowest BCUT2D eigenvalue weighted by atomic mass is 9.84. The van der Waals surface area contributed by atoms with Crippen LogP contribution in [-0.4, -0.2) is 18.3 Å². The minimum atomic E-state index is -2.88. The van der Waals surface area contributed by atoms with Crippen LogP contribution >= 0.6 is 15.9 Å². The van der Waals surface area contributed by atoms with E-state index in [-0.39, 0.29) is 12.4 Å². The Morgan fingerprint density at radius 1 is 1.23 bits per heavy atom. The molecule has 0 saturated carbocycles. The van der Waals surface area contributed by atoms with Crippen LogP contribution in [0.15, 0.2) is 46.9 Å². The first-order valence-electron chi connectivity index (χ1n) is 6.58. The molecule has 0 heterocycles. The summed E-state index contributed by atoms with van der Waals surface area (Å²) in [5, 5.41) is 9.80. The molecule has 118 valence electrons. The van der Waals surface area contributed by atoms with Crippen LogP contribution in [0, 0.1) is 6.92 Å². The van der Waals surface area contributed by atoms with Gasteiger partial charge in [0.25, 0.3) is 0 Å². The van der Waals surface area contributed by atoms with Crippen molar-refractivity contribution in [3.8, 4) is 5.75 Å². The van der Waals surface area contributed by atoms with E-state index in [1.807, 2.05) is 18.2 Å². The van der Waals surface area contributed by atoms with Crippen LogP contribution in [-0.2, 0) is 5.54 Å². The summed E-state index contributed by atoms with van der Waals surface area (Å²) in [6, 6.07) is 12.0. The van der Waals surface area contributed by atoms with Gasteiger partial charge >= 0.3 is 6.61 Å². The maximum Gasteiger partial charge on any atom is 0.387 e. The molecule has 0 radical (unpaired) electrons. The number of aliphatic hydroxyl groups is 1. The highest BCUT2D eigenvalue weighted by Crippen LogP contribution is 2.31. The third-order valence-corrected chi connectivity index (χ3v) is 3.99. The first-order chi connectivity index (χ1) is 10.4. The predicted octanol–water partition coefficient (Wildman–Crippen LogP) is 3.55. The van der Waals surface area contributed by atoms with E-state index in [2.05, 4.69) is 20.7 Å². The Bertz CT molecular complexity index is 666. The summed E-state index contributed by atoms with van der Waals surface area (Å²) in [5.74, 6) is 0.0910. The molecule has 2 aromatic carbocycles. The van der Waals surface area contributed by atoms with Gasteiger partial charge in [-0.1, -0.05) is 40.2 Å². The van der Waals surface area contributed by atoms with Crippen LogP contribution in [0.2, 0.25) is 0 Å². The Morgan fingerprint density at radius 2 is 1.91 bits per heavy atom. The molecule has 3 N–H and O–H groups in total. The van der Waals surface area contributed by atoms with Gasteiger partial charge in [0.2, 0.25) is 0 Å². The van der Waals surface area contributed by atoms with Gasteiger partial charge in [-0.15, -0.1) is 0 Å². The number of halogens is 3. The second-order valence-corrected chi connectivity index (χ2v) is 5.91. The molecule has 6 heteroatoms. The van der Waals surface area contributed by atoms with E-state index in [9.17, 15) is 13.9 Å². The quantitative estimate of drug-likeness (QED) is 0.844. The number of alkyl halides is 2. The molecule has 0 aliphatic rings. The maximum absolute atomic E-state index is 12.3. The van der Waals surface area contributed by atoms with E-state index in [0.717, 1.165) is 4.47 Å². The van der Waals surface area contributed by atoms with Crippen molar-refractivity contribution < 1.29 is 18.6 Å². The van der Waals surface area contributed by atoms with Crippen LogP contribution < -0.4 is 10.5 Å². The van der Waals surface area contributed by atoms with Gasteiger partial charge < -0.3 is 15.6 Å². The van der Waals surface area contributed by atoms with Gasteiger partial charge in [-0.3, -0.25) is 0 Å². The highest BCUT2D eigenvalue weighted by Gasteiger charge is 2.29. The Hall–Kier alpha value is -1.50. The first-order valence-corrected chi connectivity index (χ1v) is 7.38. The topological polar surface area (TPSA) is 55.5 Å². The molecule has 0 fully saturated rings. The third kappa shape index (κ3) is 3.45. The van der Waals surface area contributed by atoms with Crippen molar-refractivity contribution in [3.63, 3.8) is 0 Å². The molecule has 0 unspecified atom stereocenters. The van der Waals surface area contributed by atoms with E-state index in [4.69, 9.17) is 5.73 Å². The lowest BCUT2D eigenvalue weighted by Gasteiger charge is -2.29.